The van der Waals surface area contributed by atoms with E-state index in [1.807, 2.05) is 32.9 Å². The molecule has 2 aromatic rings. The fraction of sp³-hybridized carbons (Fsp3) is 0.267. The van der Waals surface area contributed by atoms with Gasteiger partial charge in [-0.1, -0.05) is 0 Å². The minimum atomic E-state index is -0.394. The monoisotopic (exact) mass is 286 g/mol. The summed E-state index contributed by atoms with van der Waals surface area (Å²) in [6, 6.07) is 3.36. The Bertz CT molecular complexity index is 653. The third kappa shape index (κ3) is 3.68. The van der Waals surface area contributed by atoms with Crippen LogP contribution in [0.25, 0.3) is 0 Å². The third-order valence-corrected chi connectivity index (χ3v) is 3.09. The molecule has 110 valence electrons. The van der Waals surface area contributed by atoms with Crippen molar-refractivity contribution >= 4 is 17.5 Å². The molecule has 6 nitrogen and oxygen atoms in total. The van der Waals surface area contributed by atoms with Gasteiger partial charge in [0, 0.05) is 0 Å². The van der Waals surface area contributed by atoms with Gasteiger partial charge in [-0.2, -0.15) is 0 Å². The smallest absolute Gasteiger partial charge is 0.324 e. The summed E-state index contributed by atoms with van der Waals surface area (Å²) >= 11 is 0. The molecule has 0 radical (unpaired) electrons. The molecule has 1 aromatic heterocycles. The normalized spacial score (nSPS) is 10.1. The van der Waals surface area contributed by atoms with Gasteiger partial charge in [-0.15, -0.1) is 0 Å². The van der Waals surface area contributed by atoms with Crippen molar-refractivity contribution in [3.05, 3.63) is 41.3 Å². The van der Waals surface area contributed by atoms with Gasteiger partial charge >= 0.3 is 6.03 Å². The Hall–Kier alpha value is -2.63. The highest BCUT2D eigenvalue weighted by Crippen LogP contribution is 2.28. The van der Waals surface area contributed by atoms with Crippen LogP contribution in [0.15, 0.2) is 24.5 Å². The second-order valence-corrected chi connectivity index (χ2v) is 4.76. The standard InChI is InChI=1S/C15H18N4O2/c1-9-5-12(13(21-4)6-10(9)2)18-15(20)19-14-8-16-11(3)7-17-14/h5-8H,1-4H3,(H2,17,18,19,20). The predicted molar refractivity (Wildman–Crippen MR) is 81.9 cm³/mol. The summed E-state index contributed by atoms with van der Waals surface area (Å²) in [6.07, 6.45) is 3.10. The molecular formula is C15H18N4O2. The molecule has 0 fully saturated rings. The number of nitrogens with zero attached hydrogens (tertiary/aromatic N) is 2. The number of carbonyl (C=O) groups excluding carboxylic acids is 1. The molecule has 0 aliphatic carbocycles. The van der Waals surface area contributed by atoms with Crippen LogP contribution in [-0.2, 0) is 0 Å². The number of methoxy groups -OCH3 is 1. The Morgan fingerprint density at radius 2 is 1.76 bits per heavy atom. The second-order valence-electron chi connectivity index (χ2n) is 4.76. The lowest BCUT2D eigenvalue weighted by atomic mass is 10.1. The van der Waals surface area contributed by atoms with Crippen molar-refractivity contribution in [1.82, 2.24) is 9.97 Å². The Morgan fingerprint density at radius 3 is 2.38 bits per heavy atom. The largest absolute Gasteiger partial charge is 0.495 e. The van der Waals surface area contributed by atoms with E-state index < -0.39 is 6.03 Å². The lowest BCUT2D eigenvalue weighted by Gasteiger charge is -2.13. The zero-order chi connectivity index (χ0) is 15.4. The lowest BCUT2D eigenvalue weighted by molar-refractivity contribution is 0.262. The van der Waals surface area contributed by atoms with Crippen molar-refractivity contribution < 1.29 is 9.53 Å². The topological polar surface area (TPSA) is 76.1 Å². The predicted octanol–water partition coefficient (Wildman–Crippen LogP) is 3.05. The summed E-state index contributed by atoms with van der Waals surface area (Å²) in [6.45, 7) is 5.80. The Balaban J connectivity index is 2.12. The first kappa shape index (κ1) is 14.8. The first-order valence-electron chi connectivity index (χ1n) is 6.51. The number of aromatic nitrogens is 2. The summed E-state index contributed by atoms with van der Waals surface area (Å²) in [7, 11) is 1.57. The first-order chi connectivity index (χ1) is 9.99. The van der Waals surface area contributed by atoms with Crippen LogP contribution in [0, 0.1) is 20.8 Å². The lowest BCUT2D eigenvalue weighted by Crippen LogP contribution is -2.20. The van der Waals surface area contributed by atoms with E-state index >= 15 is 0 Å². The number of aryl methyl sites for hydroxylation is 3. The summed E-state index contributed by atoms with van der Waals surface area (Å²) in [4.78, 5) is 20.1. The van der Waals surface area contributed by atoms with Gasteiger partial charge in [0.15, 0.2) is 5.82 Å². The molecule has 0 spiro atoms. The number of nitrogens with one attached hydrogen (secondary N) is 2. The van der Waals surface area contributed by atoms with Crippen LogP contribution in [0.1, 0.15) is 16.8 Å². The average Bonchev–Trinajstić information content (AvgIpc) is 2.45. The SMILES string of the molecule is COc1cc(C)c(C)cc1NC(=O)Nc1cnc(C)cn1. The number of carbonyl (C=O) groups is 1. The van der Waals surface area contributed by atoms with Gasteiger partial charge in [-0.05, 0) is 44.0 Å². The Kier molecular flexibility index (Phi) is 4.37. The molecule has 2 amide bonds. The number of anilines is 2. The summed E-state index contributed by atoms with van der Waals surface area (Å²) < 4.78 is 5.28. The number of urea groups is 1. The molecular weight excluding hydrogens is 268 g/mol. The van der Waals surface area contributed by atoms with Gasteiger partial charge in [0.25, 0.3) is 0 Å². The number of ether oxygens (including phenoxy) is 1. The number of hydrogen-bond donors (Lipinski definition) is 2. The zero-order valence-electron chi connectivity index (χ0n) is 12.5. The summed E-state index contributed by atoms with van der Waals surface area (Å²) in [5.74, 6) is 1.00. The van der Waals surface area contributed by atoms with Crippen molar-refractivity contribution in [2.75, 3.05) is 17.7 Å². The molecule has 0 unspecified atom stereocenters. The van der Waals surface area contributed by atoms with E-state index in [9.17, 15) is 4.79 Å². The molecule has 1 heterocycles. The third-order valence-electron chi connectivity index (χ3n) is 3.09. The first-order valence-corrected chi connectivity index (χ1v) is 6.51. The molecule has 0 atom stereocenters. The minimum Gasteiger partial charge on any atom is -0.495 e. The Labute approximate surface area is 123 Å². The van der Waals surface area contributed by atoms with Crippen LogP contribution in [0.2, 0.25) is 0 Å². The molecule has 0 aliphatic heterocycles. The van der Waals surface area contributed by atoms with Gasteiger partial charge in [0.1, 0.15) is 5.75 Å². The molecule has 0 saturated heterocycles. The minimum absolute atomic E-state index is 0.390. The fourth-order valence-corrected chi connectivity index (χ4v) is 1.78. The van der Waals surface area contributed by atoms with Gasteiger partial charge < -0.3 is 10.1 Å². The van der Waals surface area contributed by atoms with E-state index in [0.717, 1.165) is 16.8 Å². The molecule has 6 heteroatoms. The fourth-order valence-electron chi connectivity index (χ4n) is 1.78. The zero-order valence-corrected chi connectivity index (χ0v) is 12.5. The van der Waals surface area contributed by atoms with Crippen molar-refractivity contribution in [1.29, 1.82) is 0 Å². The van der Waals surface area contributed by atoms with Crippen molar-refractivity contribution in [2.24, 2.45) is 0 Å². The van der Waals surface area contributed by atoms with E-state index in [1.54, 1.807) is 13.3 Å². The number of rotatable bonds is 3. The van der Waals surface area contributed by atoms with Gasteiger partial charge in [-0.3, -0.25) is 10.3 Å². The summed E-state index contributed by atoms with van der Waals surface area (Å²) in [5.41, 5.74) is 3.57. The van der Waals surface area contributed by atoms with E-state index in [1.165, 1.54) is 6.20 Å². The molecule has 0 bridgehead atoms. The van der Waals surface area contributed by atoms with Gasteiger partial charge in [0.2, 0.25) is 0 Å². The van der Waals surface area contributed by atoms with Crippen LogP contribution < -0.4 is 15.4 Å². The van der Waals surface area contributed by atoms with Crippen molar-refractivity contribution in [3.63, 3.8) is 0 Å². The quantitative estimate of drug-likeness (QED) is 0.909. The maximum atomic E-state index is 12.0. The van der Waals surface area contributed by atoms with Crippen LogP contribution in [0.4, 0.5) is 16.3 Å². The van der Waals surface area contributed by atoms with Crippen LogP contribution in [0.5, 0.6) is 5.75 Å². The highest BCUT2D eigenvalue weighted by atomic mass is 16.5. The van der Waals surface area contributed by atoms with Gasteiger partial charge in [0.05, 0.1) is 30.9 Å². The molecule has 2 N–H and O–H groups in total. The van der Waals surface area contributed by atoms with E-state index in [-0.39, 0.29) is 0 Å². The Morgan fingerprint density at radius 1 is 1.05 bits per heavy atom. The number of hydrogen-bond acceptors (Lipinski definition) is 4. The summed E-state index contributed by atoms with van der Waals surface area (Å²) in [5, 5.41) is 5.37. The molecule has 1 aromatic carbocycles. The van der Waals surface area contributed by atoms with E-state index in [0.29, 0.717) is 17.3 Å². The number of benzene rings is 1. The van der Waals surface area contributed by atoms with Crippen LogP contribution >= 0.6 is 0 Å². The highest BCUT2D eigenvalue weighted by molar-refractivity contribution is 6.00. The molecule has 21 heavy (non-hydrogen) atoms. The maximum Gasteiger partial charge on any atom is 0.324 e. The van der Waals surface area contributed by atoms with Gasteiger partial charge in [-0.25, -0.2) is 9.78 Å². The van der Waals surface area contributed by atoms with E-state index in [2.05, 4.69) is 20.6 Å². The average molecular weight is 286 g/mol. The molecule has 0 saturated carbocycles. The van der Waals surface area contributed by atoms with E-state index in [4.69, 9.17) is 4.74 Å². The molecule has 0 aliphatic rings. The van der Waals surface area contributed by atoms with Crippen LogP contribution in [0.3, 0.4) is 0 Å². The molecule has 2 rings (SSSR count). The highest BCUT2D eigenvalue weighted by Gasteiger charge is 2.10. The van der Waals surface area contributed by atoms with Crippen LogP contribution in [-0.4, -0.2) is 23.1 Å². The van der Waals surface area contributed by atoms with Crippen molar-refractivity contribution in [3.8, 4) is 5.75 Å². The maximum absolute atomic E-state index is 12.0. The van der Waals surface area contributed by atoms with Crippen molar-refractivity contribution in [2.45, 2.75) is 20.8 Å². The second kappa shape index (κ2) is 6.21. The number of amides is 2.